The number of carbonyl (C=O) groups excluding carboxylic acids is 2. The topological polar surface area (TPSA) is 75.9 Å². The molecule has 1 aromatic carbocycles. The lowest BCUT2D eigenvalue weighted by atomic mass is 10.0. The zero-order valence-electron chi connectivity index (χ0n) is 14.5. The summed E-state index contributed by atoms with van der Waals surface area (Å²) in [5.41, 5.74) is 1.40. The van der Waals surface area contributed by atoms with Crippen LogP contribution in [-0.2, 0) is 4.74 Å². The van der Waals surface area contributed by atoms with Gasteiger partial charge in [-0.3, -0.25) is 9.59 Å². The summed E-state index contributed by atoms with van der Waals surface area (Å²) in [5.74, 6) is 0.129. The third kappa shape index (κ3) is 3.10. The Balaban J connectivity index is 1.68. The van der Waals surface area contributed by atoms with Gasteiger partial charge in [-0.15, -0.1) is 0 Å². The fourth-order valence-corrected chi connectivity index (χ4v) is 3.46. The van der Waals surface area contributed by atoms with Gasteiger partial charge < -0.3 is 19.0 Å². The van der Waals surface area contributed by atoms with E-state index < -0.39 is 0 Å². The smallest absolute Gasteiger partial charge is 0.276 e. The highest BCUT2D eigenvalue weighted by Crippen LogP contribution is 2.29. The number of rotatable bonds is 3. The summed E-state index contributed by atoms with van der Waals surface area (Å²) in [5, 5.41) is 0. The Hall–Kier alpha value is -2.67. The summed E-state index contributed by atoms with van der Waals surface area (Å²) in [6.45, 7) is 3.62. The maximum Gasteiger partial charge on any atom is 0.276 e. The fraction of sp³-hybridized carbons (Fsp3) is 0.421. The minimum absolute atomic E-state index is 0.0285. The quantitative estimate of drug-likeness (QED) is 0.842. The van der Waals surface area contributed by atoms with E-state index in [1.54, 1.807) is 17.0 Å². The SMILES string of the molecule is O=C(c1ccccc1-c1ocnc1C(=O)N1CCOCC1)N1CCCC1. The molecule has 2 fully saturated rings. The molecule has 0 atom stereocenters. The molecule has 0 aliphatic carbocycles. The lowest BCUT2D eigenvalue weighted by Gasteiger charge is -2.26. The van der Waals surface area contributed by atoms with Crippen LogP contribution in [0, 0.1) is 0 Å². The van der Waals surface area contributed by atoms with Crippen LogP contribution < -0.4 is 0 Å². The van der Waals surface area contributed by atoms with Crippen molar-refractivity contribution in [2.24, 2.45) is 0 Å². The van der Waals surface area contributed by atoms with E-state index in [0.29, 0.717) is 43.2 Å². The van der Waals surface area contributed by atoms with E-state index in [1.165, 1.54) is 6.39 Å². The number of benzene rings is 1. The molecule has 2 saturated heterocycles. The summed E-state index contributed by atoms with van der Waals surface area (Å²) in [6.07, 6.45) is 3.31. The van der Waals surface area contributed by atoms with Gasteiger partial charge in [0.05, 0.1) is 18.8 Å². The molecule has 7 nitrogen and oxygen atoms in total. The lowest BCUT2D eigenvalue weighted by molar-refractivity contribution is 0.0299. The molecule has 1 aromatic heterocycles. The third-order valence-corrected chi connectivity index (χ3v) is 4.86. The second-order valence-corrected chi connectivity index (χ2v) is 6.48. The number of morpholine rings is 1. The Morgan fingerprint density at radius 1 is 0.923 bits per heavy atom. The van der Waals surface area contributed by atoms with Crippen LogP contribution >= 0.6 is 0 Å². The van der Waals surface area contributed by atoms with Crippen molar-refractivity contribution in [3.8, 4) is 11.3 Å². The summed E-state index contributed by atoms with van der Waals surface area (Å²) in [6, 6.07) is 7.25. The molecule has 2 aliphatic heterocycles. The zero-order valence-corrected chi connectivity index (χ0v) is 14.5. The van der Waals surface area contributed by atoms with E-state index in [1.807, 2.05) is 17.0 Å². The predicted molar refractivity (Wildman–Crippen MR) is 93.8 cm³/mol. The Morgan fingerprint density at radius 2 is 1.62 bits per heavy atom. The van der Waals surface area contributed by atoms with Crippen molar-refractivity contribution < 1.29 is 18.7 Å². The second-order valence-electron chi connectivity index (χ2n) is 6.48. The van der Waals surface area contributed by atoms with Crippen molar-refractivity contribution in [1.82, 2.24) is 14.8 Å². The number of hydrogen-bond donors (Lipinski definition) is 0. The first-order valence-electron chi connectivity index (χ1n) is 8.95. The summed E-state index contributed by atoms with van der Waals surface area (Å²) in [7, 11) is 0. The molecule has 136 valence electrons. The zero-order chi connectivity index (χ0) is 17.9. The summed E-state index contributed by atoms with van der Waals surface area (Å²) in [4.78, 5) is 33.4. The van der Waals surface area contributed by atoms with E-state index >= 15 is 0 Å². The summed E-state index contributed by atoms with van der Waals surface area (Å²) < 4.78 is 10.9. The van der Waals surface area contributed by atoms with E-state index in [0.717, 1.165) is 25.9 Å². The average molecular weight is 355 g/mol. The number of oxazole rings is 1. The molecule has 0 radical (unpaired) electrons. The number of nitrogens with zero attached hydrogens (tertiary/aromatic N) is 3. The van der Waals surface area contributed by atoms with Crippen molar-refractivity contribution in [3.05, 3.63) is 41.9 Å². The van der Waals surface area contributed by atoms with Crippen LogP contribution in [0.25, 0.3) is 11.3 Å². The van der Waals surface area contributed by atoms with Crippen LogP contribution in [0.1, 0.15) is 33.7 Å². The van der Waals surface area contributed by atoms with Gasteiger partial charge in [-0.2, -0.15) is 0 Å². The molecule has 4 rings (SSSR count). The van der Waals surface area contributed by atoms with Crippen molar-refractivity contribution in [2.45, 2.75) is 12.8 Å². The highest BCUT2D eigenvalue weighted by Gasteiger charge is 2.28. The normalized spacial score (nSPS) is 17.5. The van der Waals surface area contributed by atoms with Crippen molar-refractivity contribution >= 4 is 11.8 Å². The molecule has 7 heteroatoms. The Morgan fingerprint density at radius 3 is 2.38 bits per heavy atom. The van der Waals surface area contributed by atoms with Crippen molar-refractivity contribution in [1.29, 1.82) is 0 Å². The van der Waals surface area contributed by atoms with Gasteiger partial charge in [-0.25, -0.2) is 4.98 Å². The van der Waals surface area contributed by atoms with Gasteiger partial charge in [-0.1, -0.05) is 18.2 Å². The molecule has 0 bridgehead atoms. The molecule has 0 N–H and O–H groups in total. The Kier molecular flexibility index (Phi) is 4.71. The number of likely N-dealkylation sites (tertiary alicyclic amines) is 1. The van der Waals surface area contributed by atoms with Gasteiger partial charge in [-0.05, 0) is 18.9 Å². The highest BCUT2D eigenvalue weighted by atomic mass is 16.5. The van der Waals surface area contributed by atoms with Crippen molar-refractivity contribution in [3.63, 3.8) is 0 Å². The average Bonchev–Trinajstić information content (AvgIpc) is 3.39. The van der Waals surface area contributed by atoms with Crippen LogP contribution in [-0.4, -0.2) is 66.0 Å². The maximum atomic E-state index is 12.9. The molecule has 0 saturated carbocycles. The molecule has 26 heavy (non-hydrogen) atoms. The van der Waals surface area contributed by atoms with Crippen LogP contribution in [0.2, 0.25) is 0 Å². The Labute approximate surface area is 151 Å². The molecular formula is C19H21N3O4. The third-order valence-electron chi connectivity index (χ3n) is 4.86. The first-order chi connectivity index (χ1) is 12.8. The first-order valence-corrected chi connectivity index (χ1v) is 8.95. The van der Waals surface area contributed by atoms with Gasteiger partial charge in [0.15, 0.2) is 17.8 Å². The van der Waals surface area contributed by atoms with Gasteiger partial charge in [0.1, 0.15) is 0 Å². The molecule has 2 amide bonds. The number of amides is 2. The van der Waals surface area contributed by atoms with Crippen LogP contribution in [0.4, 0.5) is 0 Å². The minimum Gasteiger partial charge on any atom is -0.443 e. The molecule has 3 heterocycles. The summed E-state index contributed by atoms with van der Waals surface area (Å²) >= 11 is 0. The maximum absolute atomic E-state index is 12.9. The second kappa shape index (κ2) is 7.29. The van der Waals surface area contributed by atoms with Crippen LogP contribution in [0.3, 0.4) is 0 Å². The predicted octanol–water partition coefficient (Wildman–Crippen LogP) is 2.05. The standard InChI is InChI=1S/C19H21N3O4/c23-18(21-7-3-4-8-21)15-6-2-1-5-14(15)17-16(20-13-26-17)19(24)22-9-11-25-12-10-22/h1-2,5-6,13H,3-4,7-12H2. The van der Waals surface area contributed by atoms with Crippen molar-refractivity contribution in [2.75, 3.05) is 39.4 Å². The fourth-order valence-electron chi connectivity index (χ4n) is 3.46. The number of ether oxygens (including phenoxy) is 1. The minimum atomic E-state index is -0.194. The van der Waals surface area contributed by atoms with E-state index in [9.17, 15) is 9.59 Å². The van der Waals surface area contributed by atoms with Gasteiger partial charge in [0, 0.05) is 31.7 Å². The van der Waals surface area contributed by atoms with E-state index in [2.05, 4.69) is 4.98 Å². The molecule has 0 unspecified atom stereocenters. The van der Waals surface area contributed by atoms with Crippen LogP contribution in [0.5, 0.6) is 0 Å². The largest absolute Gasteiger partial charge is 0.443 e. The molecular weight excluding hydrogens is 334 g/mol. The van der Waals surface area contributed by atoms with Gasteiger partial charge in [0.25, 0.3) is 11.8 Å². The lowest BCUT2D eigenvalue weighted by Crippen LogP contribution is -2.41. The van der Waals surface area contributed by atoms with Gasteiger partial charge >= 0.3 is 0 Å². The number of carbonyl (C=O) groups is 2. The van der Waals surface area contributed by atoms with Crippen LogP contribution in [0.15, 0.2) is 35.1 Å². The molecule has 2 aliphatic rings. The van der Waals surface area contributed by atoms with E-state index in [4.69, 9.17) is 9.15 Å². The first kappa shape index (κ1) is 16.8. The number of aromatic nitrogens is 1. The molecule has 0 spiro atoms. The molecule has 2 aromatic rings. The number of hydrogen-bond acceptors (Lipinski definition) is 5. The van der Waals surface area contributed by atoms with E-state index in [-0.39, 0.29) is 17.5 Å². The Bertz CT molecular complexity index is 805. The monoisotopic (exact) mass is 355 g/mol. The van der Waals surface area contributed by atoms with Gasteiger partial charge in [0.2, 0.25) is 0 Å². The highest BCUT2D eigenvalue weighted by molar-refractivity contribution is 6.04.